The Bertz CT molecular complexity index is 296. The van der Waals surface area contributed by atoms with E-state index in [1.807, 2.05) is 0 Å². The molecule has 12 heavy (non-hydrogen) atoms. The molecule has 1 N–H and O–H groups in total. The highest BCUT2D eigenvalue weighted by Gasteiger charge is 2.14. The third kappa shape index (κ3) is 1.24. The van der Waals surface area contributed by atoms with Gasteiger partial charge in [0, 0.05) is 0 Å². The van der Waals surface area contributed by atoms with Crippen LogP contribution >= 0.6 is 11.7 Å². The number of hydrogen-bond acceptors (Lipinski definition) is 5. The van der Waals surface area contributed by atoms with Gasteiger partial charge in [-0.25, -0.2) is 0 Å². The molecule has 2 heterocycles. The summed E-state index contributed by atoms with van der Waals surface area (Å²) in [4.78, 5) is 0. The number of aliphatic hydroxyl groups excluding tert-OH is 1. The molecule has 0 amide bonds. The zero-order valence-electron chi connectivity index (χ0n) is 6.04. The maximum atomic E-state index is 9.58. The second-order valence-electron chi connectivity index (χ2n) is 2.25. The Labute approximate surface area is 72.8 Å². The molecule has 0 radical (unpaired) electrons. The maximum Gasteiger partial charge on any atom is 0.156 e. The number of aliphatic hydroxyl groups is 1. The molecule has 1 atom stereocenters. The molecule has 62 valence electrons. The van der Waals surface area contributed by atoms with Gasteiger partial charge in [0.2, 0.25) is 0 Å². The minimum absolute atomic E-state index is 0.489. The molecule has 1 unspecified atom stereocenters. The molecule has 0 saturated carbocycles. The Balaban J connectivity index is 2.27. The van der Waals surface area contributed by atoms with E-state index in [-0.39, 0.29) is 0 Å². The summed E-state index contributed by atoms with van der Waals surface area (Å²) in [6.45, 7) is 0. The van der Waals surface area contributed by atoms with Gasteiger partial charge in [0.25, 0.3) is 0 Å². The first-order valence-electron chi connectivity index (χ1n) is 3.37. The average Bonchev–Trinajstić information content (AvgIpc) is 2.77. The molecule has 0 aliphatic heterocycles. The first-order chi connectivity index (χ1) is 5.88. The van der Waals surface area contributed by atoms with Crippen molar-refractivity contribution >= 4 is 11.7 Å². The van der Waals surface area contributed by atoms with E-state index < -0.39 is 6.10 Å². The van der Waals surface area contributed by atoms with E-state index in [1.54, 1.807) is 12.1 Å². The molecule has 4 nitrogen and oxygen atoms in total. The van der Waals surface area contributed by atoms with E-state index in [9.17, 15) is 5.11 Å². The summed E-state index contributed by atoms with van der Waals surface area (Å²) >= 11 is 1.06. The molecule has 0 aliphatic carbocycles. The third-order valence-corrected chi connectivity index (χ3v) is 1.96. The predicted octanol–water partition coefficient (Wildman–Crippen LogP) is 1.21. The standard InChI is InChI=1S/C7H6N2O2S/c10-7(5-4-8-12-9-5)6-2-1-3-11-6/h1-4,7,10H. The van der Waals surface area contributed by atoms with Gasteiger partial charge < -0.3 is 9.52 Å². The van der Waals surface area contributed by atoms with Gasteiger partial charge in [-0.15, -0.1) is 0 Å². The lowest BCUT2D eigenvalue weighted by atomic mass is 10.2. The van der Waals surface area contributed by atoms with Crippen molar-refractivity contribution < 1.29 is 9.52 Å². The highest BCUT2D eigenvalue weighted by molar-refractivity contribution is 6.99. The summed E-state index contributed by atoms with van der Waals surface area (Å²) in [5.41, 5.74) is 0.523. The smallest absolute Gasteiger partial charge is 0.156 e. The van der Waals surface area contributed by atoms with E-state index in [0.717, 1.165) is 11.7 Å². The first kappa shape index (κ1) is 7.45. The van der Waals surface area contributed by atoms with Crippen LogP contribution in [0.4, 0.5) is 0 Å². The van der Waals surface area contributed by atoms with Crippen LogP contribution in [0.25, 0.3) is 0 Å². The molecular weight excluding hydrogens is 176 g/mol. The van der Waals surface area contributed by atoms with Gasteiger partial charge in [0.1, 0.15) is 11.5 Å². The van der Waals surface area contributed by atoms with Crippen molar-refractivity contribution in [3.05, 3.63) is 36.0 Å². The fourth-order valence-corrected chi connectivity index (χ4v) is 1.33. The summed E-state index contributed by atoms with van der Waals surface area (Å²) < 4.78 is 12.7. The molecule has 2 rings (SSSR count). The Morgan fingerprint density at radius 2 is 2.50 bits per heavy atom. The normalized spacial score (nSPS) is 13.1. The van der Waals surface area contributed by atoms with Crippen molar-refractivity contribution in [2.45, 2.75) is 6.10 Å². The van der Waals surface area contributed by atoms with Crippen molar-refractivity contribution in [1.82, 2.24) is 8.75 Å². The number of aromatic nitrogens is 2. The van der Waals surface area contributed by atoms with Crippen LogP contribution in [0.2, 0.25) is 0 Å². The van der Waals surface area contributed by atoms with Crippen molar-refractivity contribution in [3.63, 3.8) is 0 Å². The van der Waals surface area contributed by atoms with Gasteiger partial charge in [0.15, 0.2) is 6.10 Å². The molecular formula is C7H6N2O2S. The maximum absolute atomic E-state index is 9.58. The highest BCUT2D eigenvalue weighted by atomic mass is 32.1. The van der Waals surface area contributed by atoms with Crippen molar-refractivity contribution in [1.29, 1.82) is 0 Å². The van der Waals surface area contributed by atoms with Crippen LogP contribution in [0.1, 0.15) is 17.6 Å². The minimum atomic E-state index is -0.793. The van der Waals surface area contributed by atoms with E-state index in [4.69, 9.17) is 4.42 Å². The summed E-state index contributed by atoms with van der Waals surface area (Å²) in [7, 11) is 0. The fourth-order valence-electron chi connectivity index (χ4n) is 0.885. The molecule has 2 aromatic rings. The summed E-state index contributed by atoms with van der Waals surface area (Å²) in [6, 6.07) is 3.42. The number of hydrogen-bond donors (Lipinski definition) is 1. The molecule has 0 fully saturated rings. The van der Waals surface area contributed by atoms with Gasteiger partial charge >= 0.3 is 0 Å². The quantitative estimate of drug-likeness (QED) is 0.758. The largest absolute Gasteiger partial charge is 0.466 e. The van der Waals surface area contributed by atoms with Gasteiger partial charge in [-0.1, -0.05) is 0 Å². The van der Waals surface area contributed by atoms with E-state index in [1.165, 1.54) is 12.5 Å². The van der Waals surface area contributed by atoms with E-state index in [2.05, 4.69) is 8.75 Å². The summed E-state index contributed by atoms with van der Waals surface area (Å²) in [6.07, 6.45) is 2.25. The molecule has 0 bridgehead atoms. The Hall–Kier alpha value is -1.20. The summed E-state index contributed by atoms with van der Waals surface area (Å²) in [5, 5.41) is 9.58. The SMILES string of the molecule is OC(c1cnsn1)c1ccco1. The molecule has 5 heteroatoms. The van der Waals surface area contributed by atoms with Gasteiger partial charge in [-0.2, -0.15) is 8.75 Å². The van der Waals surface area contributed by atoms with Crippen LogP contribution in [-0.4, -0.2) is 13.9 Å². The number of nitrogens with zero attached hydrogens (tertiary/aromatic N) is 2. The number of furan rings is 1. The van der Waals surface area contributed by atoms with Crippen molar-refractivity contribution in [2.24, 2.45) is 0 Å². The molecule has 0 aliphatic rings. The molecule has 0 saturated heterocycles. The summed E-state index contributed by atoms with van der Waals surface area (Å²) in [5.74, 6) is 0.489. The Morgan fingerprint density at radius 1 is 1.58 bits per heavy atom. The monoisotopic (exact) mass is 182 g/mol. The number of rotatable bonds is 2. The Morgan fingerprint density at radius 3 is 3.08 bits per heavy atom. The van der Waals surface area contributed by atoms with Crippen LogP contribution in [0.15, 0.2) is 29.0 Å². The first-order valence-corrected chi connectivity index (χ1v) is 4.10. The van der Waals surface area contributed by atoms with Crippen LogP contribution in [0.5, 0.6) is 0 Å². The van der Waals surface area contributed by atoms with Crippen LogP contribution < -0.4 is 0 Å². The Kier molecular flexibility index (Phi) is 1.89. The van der Waals surface area contributed by atoms with Gasteiger partial charge in [-0.3, -0.25) is 0 Å². The predicted molar refractivity (Wildman–Crippen MR) is 42.7 cm³/mol. The lowest BCUT2D eigenvalue weighted by molar-refractivity contribution is 0.186. The second-order valence-corrected chi connectivity index (χ2v) is 2.81. The lowest BCUT2D eigenvalue weighted by Crippen LogP contribution is -1.97. The van der Waals surface area contributed by atoms with Crippen LogP contribution in [-0.2, 0) is 0 Å². The zero-order valence-corrected chi connectivity index (χ0v) is 6.86. The lowest BCUT2D eigenvalue weighted by Gasteiger charge is -2.01. The van der Waals surface area contributed by atoms with E-state index in [0.29, 0.717) is 11.5 Å². The zero-order chi connectivity index (χ0) is 8.39. The topological polar surface area (TPSA) is 59.2 Å². The van der Waals surface area contributed by atoms with Gasteiger partial charge in [0.05, 0.1) is 24.2 Å². The van der Waals surface area contributed by atoms with Crippen LogP contribution in [0.3, 0.4) is 0 Å². The van der Waals surface area contributed by atoms with Crippen molar-refractivity contribution in [2.75, 3.05) is 0 Å². The highest BCUT2D eigenvalue weighted by Crippen LogP contribution is 2.19. The second kappa shape index (κ2) is 3.04. The van der Waals surface area contributed by atoms with Gasteiger partial charge in [-0.05, 0) is 12.1 Å². The molecule has 0 spiro atoms. The fraction of sp³-hybridized carbons (Fsp3) is 0.143. The molecule has 2 aromatic heterocycles. The van der Waals surface area contributed by atoms with Crippen molar-refractivity contribution in [3.8, 4) is 0 Å². The van der Waals surface area contributed by atoms with E-state index >= 15 is 0 Å². The molecule has 0 aromatic carbocycles. The van der Waals surface area contributed by atoms with Crippen LogP contribution in [0, 0.1) is 0 Å². The minimum Gasteiger partial charge on any atom is -0.466 e. The average molecular weight is 182 g/mol. The third-order valence-electron chi connectivity index (χ3n) is 1.47.